The number of nitrogens with zero attached hydrogens (tertiary/aromatic N) is 1. The summed E-state index contributed by atoms with van der Waals surface area (Å²) in [6, 6.07) is 11.3. The fourth-order valence-corrected chi connectivity index (χ4v) is 2.95. The molecule has 0 fully saturated rings. The standard InChI is InChI=1S/C15H11Cl3N2/c16-11-3-1-2-9(4-11)7-20-8-10-5-13(17)14(18)6-12(10)15(20)19/h1-6,19H,7-8H2. The molecule has 0 aromatic heterocycles. The number of halogens is 3. The number of fused-ring (bicyclic) bond motifs is 1. The van der Waals surface area contributed by atoms with E-state index < -0.39 is 0 Å². The van der Waals surface area contributed by atoms with Crippen molar-refractivity contribution in [3.05, 3.63) is 68.2 Å². The highest BCUT2D eigenvalue weighted by atomic mass is 35.5. The van der Waals surface area contributed by atoms with E-state index in [1.807, 2.05) is 35.2 Å². The average Bonchev–Trinajstić information content (AvgIpc) is 2.68. The summed E-state index contributed by atoms with van der Waals surface area (Å²) in [6.45, 7) is 1.31. The first kappa shape index (κ1) is 13.7. The lowest BCUT2D eigenvalue weighted by Crippen LogP contribution is -2.23. The molecule has 0 saturated heterocycles. The zero-order valence-electron chi connectivity index (χ0n) is 10.5. The van der Waals surface area contributed by atoms with Crippen molar-refractivity contribution >= 4 is 40.6 Å². The Kier molecular flexibility index (Phi) is 3.63. The summed E-state index contributed by atoms with van der Waals surface area (Å²) in [7, 11) is 0. The number of benzene rings is 2. The maximum absolute atomic E-state index is 8.25. The maximum Gasteiger partial charge on any atom is 0.129 e. The minimum atomic E-state index is 0.471. The zero-order valence-corrected chi connectivity index (χ0v) is 12.7. The van der Waals surface area contributed by atoms with Gasteiger partial charge in [-0.2, -0.15) is 0 Å². The molecule has 0 saturated carbocycles. The van der Waals surface area contributed by atoms with Crippen LogP contribution < -0.4 is 0 Å². The minimum absolute atomic E-state index is 0.471. The summed E-state index contributed by atoms with van der Waals surface area (Å²) in [4.78, 5) is 1.98. The number of amidine groups is 1. The summed E-state index contributed by atoms with van der Waals surface area (Å²) in [6.07, 6.45) is 0. The van der Waals surface area contributed by atoms with Gasteiger partial charge in [-0.3, -0.25) is 5.41 Å². The van der Waals surface area contributed by atoms with E-state index in [1.54, 1.807) is 6.07 Å². The SMILES string of the molecule is N=C1c2cc(Cl)c(Cl)cc2CN1Cc1cccc(Cl)c1. The Bertz CT molecular complexity index is 698. The Morgan fingerprint density at radius 1 is 1.05 bits per heavy atom. The van der Waals surface area contributed by atoms with Gasteiger partial charge in [0.15, 0.2) is 0 Å². The van der Waals surface area contributed by atoms with E-state index >= 15 is 0 Å². The molecular weight excluding hydrogens is 315 g/mol. The number of rotatable bonds is 2. The normalized spacial score (nSPS) is 13.8. The molecular formula is C15H11Cl3N2. The lowest BCUT2D eigenvalue weighted by Gasteiger charge is -2.18. The van der Waals surface area contributed by atoms with Gasteiger partial charge in [0, 0.05) is 23.7 Å². The van der Waals surface area contributed by atoms with Crippen molar-refractivity contribution in [2.45, 2.75) is 13.1 Å². The molecule has 5 heteroatoms. The van der Waals surface area contributed by atoms with Gasteiger partial charge in [0.25, 0.3) is 0 Å². The third-order valence-corrected chi connectivity index (χ3v) is 4.30. The maximum atomic E-state index is 8.25. The highest BCUT2D eigenvalue weighted by Gasteiger charge is 2.25. The molecule has 1 N–H and O–H groups in total. The highest BCUT2D eigenvalue weighted by Crippen LogP contribution is 2.32. The van der Waals surface area contributed by atoms with Crippen LogP contribution in [0.25, 0.3) is 0 Å². The van der Waals surface area contributed by atoms with Crippen LogP contribution in [0.2, 0.25) is 15.1 Å². The van der Waals surface area contributed by atoms with Crippen LogP contribution in [0.5, 0.6) is 0 Å². The number of nitrogens with one attached hydrogen (secondary N) is 1. The van der Waals surface area contributed by atoms with Crippen molar-refractivity contribution in [3.63, 3.8) is 0 Å². The first-order chi connectivity index (χ1) is 9.54. The van der Waals surface area contributed by atoms with Crippen molar-refractivity contribution in [1.29, 1.82) is 5.41 Å². The van der Waals surface area contributed by atoms with Crippen LogP contribution in [0, 0.1) is 5.41 Å². The van der Waals surface area contributed by atoms with E-state index in [2.05, 4.69) is 0 Å². The molecule has 2 aromatic rings. The van der Waals surface area contributed by atoms with Crippen LogP contribution in [-0.2, 0) is 13.1 Å². The molecule has 2 nitrogen and oxygen atoms in total. The van der Waals surface area contributed by atoms with Gasteiger partial charge in [-0.25, -0.2) is 0 Å². The Balaban J connectivity index is 1.87. The van der Waals surface area contributed by atoms with Crippen LogP contribution in [-0.4, -0.2) is 10.7 Å². The first-order valence-electron chi connectivity index (χ1n) is 6.11. The second-order valence-corrected chi connectivity index (χ2v) is 6.01. The van der Waals surface area contributed by atoms with E-state index in [-0.39, 0.29) is 0 Å². The van der Waals surface area contributed by atoms with Gasteiger partial charge in [-0.05, 0) is 35.4 Å². The molecule has 1 aliphatic rings. The molecule has 0 spiro atoms. The molecule has 20 heavy (non-hydrogen) atoms. The molecule has 0 bridgehead atoms. The molecule has 1 aliphatic heterocycles. The smallest absolute Gasteiger partial charge is 0.129 e. The van der Waals surface area contributed by atoms with Crippen LogP contribution in [0.3, 0.4) is 0 Å². The quantitative estimate of drug-likeness (QED) is 0.827. The molecule has 0 unspecified atom stereocenters. The van der Waals surface area contributed by atoms with Gasteiger partial charge >= 0.3 is 0 Å². The third kappa shape index (κ3) is 2.51. The molecule has 1 heterocycles. The Labute approximate surface area is 132 Å². The predicted molar refractivity (Wildman–Crippen MR) is 84.0 cm³/mol. The Hall–Kier alpha value is -1.22. The number of hydrogen-bond donors (Lipinski definition) is 1. The Morgan fingerprint density at radius 3 is 2.55 bits per heavy atom. The van der Waals surface area contributed by atoms with Gasteiger partial charge in [0.1, 0.15) is 5.84 Å². The second kappa shape index (κ2) is 5.28. The fourth-order valence-electron chi connectivity index (χ4n) is 2.38. The second-order valence-electron chi connectivity index (χ2n) is 4.76. The third-order valence-electron chi connectivity index (χ3n) is 3.34. The fraction of sp³-hybridized carbons (Fsp3) is 0.133. The van der Waals surface area contributed by atoms with Gasteiger partial charge in [-0.15, -0.1) is 0 Å². The van der Waals surface area contributed by atoms with Gasteiger partial charge in [-0.1, -0.05) is 46.9 Å². The van der Waals surface area contributed by atoms with Crippen molar-refractivity contribution in [2.24, 2.45) is 0 Å². The molecule has 0 amide bonds. The van der Waals surface area contributed by atoms with Crippen LogP contribution in [0.1, 0.15) is 16.7 Å². The van der Waals surface area contributed by atoms with E-state index in [9.17, 15) is 0 Å². The van der Waals surface area contributed by atoms with Crippen LogP contribution >= 0.6 is 34.8 Å². The lowest BCUT2D eigenvalue weighted by atomic mass is 10.1. The van der Waals surface area contributed by atoms with Crippen molar-refractivity contribution < 1.29 is 0 Å². The van der Waals surface area contributed by atoms with Gasteiger partial charge in [0.2, 0.25) is 0 Å². The zero-order chi connectivity index (χ0) is 14.3. The number of hydrogen-bond acceptors (Lipinski definition) is 1. The molecule has 102 valence electrons. The topological polar surface area (TPSA) is 27.1 Å². The molecule has 0 aliphatic carbocycles. The largest absolute Gasteiger partial charge is 0.348 e. The van der Waals surface area contributed by atoms with E-state index in [1.165, 1.54) is 0 Å². The highest BCUT2D eigenvalue weighted by molar-refractivity contribution is 6.42. The molecule has 0 atom stereocenters. The summed E-state index contributed by atoms with van der Waals surface area (Å²) in [5.74, 6) is 0.471. The monoisotopic (exact) mass is 324 g/mol. The van der Waals surface area contributed by atoms with Crippen molar-refractivity contribution in [1.82, 2.24) is 4.90 Å². The van der Waals surface area contributed by atoms with Gasteiger partial charge in [0.05, 0.1) is 10.0 Å². The first-order valence-corrected chi connectivity index (χ1v) is 7.24. The molecule has 2 aromatic carbocycles. The van der Waals surface area contributed by atoms with Crippen LogP contribution in [0.15, 0.2) is 36.4 Å². The van der Waals surface area contributed by atoms with Crippen LogP contribution in [0.4, 0.5) is 0 Å². The minimum Gasteiger partial charge on any atom is -0.348 e. The summed E-state index contributed by atoms with van der Waals surface area (Å²) < 4.78 is 0. The Morgan fingerprint density at radius 2 is 1.80 bits per heavy atom. The molecule has 3 rings (SSSR count). The summed E-state index contributed by atoms with van der Waals surface area (Å²) in [5, 5.41) is 9.97. The van der Waals surface area contributed by atoms with Gasteiger partial charge < -0.3 is 4.90 Å². The molecule has 0 radical (unpaired) electrons. The van der Waals surface area contributed by atoms with E-state index in [0.717, 1.165) is 16.7 Å². The predicted octanol–water partition coefficient (Wildman–Crippen LogP) is 4.99. The van der Waals surface area contributed by atoms with E-state index in [0.29, 0.717) is 34.0 Å². The lowest BCUT2D eigenvalue weighted by molar-refractivity contribution is 0.422. The summed E-state index contributed by atoms with van der Waals surface area (Å²) in [5.41, 5.74) is 2.96. The van der Waals surface area contributed by atoms with E-state index in [4.69, 9.17) is 40.2 Å². The summed E-state index contributed by atoms with van der Waals surface area (Å²) >= 11 is 18.0. The average molecular weight is 326 g/mol. The van der Waals surface area contributed by atoms with Crippen molar-refractivity contribution in [3.8, 4) is 0 Å². The van der Waals surface area contributed by atoms with Crippen molar-refractivity contribution in [2.75, 3.05) is 0 Å².